The Morgan fingerprint density at radius 2 is 2.00 bits per heavy atom. The smallest absolute Gasteiger partial charge is 0.254 e. The number of hydrogen-bond donors (Lipinski definition) is 1. The number of fused-ring (bicyclic) bond motifs is 1. The molecule has 0 saturated heterocycles. The second-order valence-electron chi connectivity index (χ2n) is 6.05. The van der Waals surface area contributed by atoms with E-state index in [4.69, 9.17) is 11.6 Å². The Labute approximate surface area is 168 Å². The maximum absolute atomic E-state index is 12.4. The van der Waals surface area contributed by atoms with E-state index >= 15 is 0 Å². The third-order valence-electron chi connectivity index (χ3n) is 4.08. The van der Waals surface area contributed by atoms with Crippen molar-refractivity contribution in [2.75, 3.05) is 0 Å². The number of nitrogens with one attached hydrogen (secondary N) is 1. The van der Waals surface area contributed by atoms with E-state index in [2.05, 4.69) is 31.3 Å². The van der Waals surface area contributed by atoms with E-state index in [0.717, 1.165) is 21.4 Å². The molecule has 1 aromatic carbocycles. The van der Waals surface area contributed by atoms with Crippen molar-refractivity contribution < 1.29 is 4.79 Å². The molecule has 136 valence electrons. The summed E-state index contributed by atoms with van der Waals surface area (Å²) in [7, 11) is 0. The van der Waals surface area contributed by atoms with E-state index in [1.165, 1.54) is 0 Å². The molecule has 0 aliphatic carbocycles. The molecule has 6 nitrogen and oxygen atoms in total. The first kappa shape index (κ1) is 17.8. The molecule has 8 heteroatoms. The Hall–Kier alpha value is -2.64. The Morgan fingerprint density at radius 1 is 1.15 bits per heavy atom. The van der Waals surface area contributed by atoms with Gasteiger partial charge in [0.15, 0.2) is 0 Å². The maximum atomic E-state index is 12.4. The topological polar surface area (TPSA) is 64.2 Å². The lowest BCUT2D eigenvalue weighted by molar-refractivity contribution is 0.0950. The number of carbonyl (C=O) groups is 1. The van der Waals surface area contributed by atoms with Crippen LogP contribution in [0, 0.1) is 0 Å². The molecule has 0 atom stereocenters. The molecule has 3 heterocycles. The van der Waals surface area contributed by atoms with Gasteiger partial charge in [-0.1, -0.05) is 29.8 Å². The van der Waals surface area contributed by atoms with Crippen LogP contribution in [-0.4, -0.2) is 25.1 Å². The molecule has 0 bridgehead atoms. The van der Waals surface area contributed by atoms with Gasteiger partial charge in [0.05, 0.1) is 30.5 Å². The molecule has 1 N–H and O–H groups in total. The van der Waals surface area contributed by atoms with Gasteiger partial charge < -0.3 is 9.72 Å². The van der Waals surface area contributed by atoms with Gasteiger partial charge in [-0.15, -0.1) is 0 Å². The molecule has 0 aliphatic heterocycles. The van der Waals surface area contributed by atoms with Crippen LogP contribution in [0.3, 0.4) is 0 Å². The number of pyridine rings is 1. The molecule has 4 aromatic rings. The maximum Gasteiger partial charge on any atom is 0.254 e. The van der Waals surface area contributed by atoms with E-state index in [1.807, 2.05) is 53.2 Å². The molecule has 0 unspecified atom stereocenters. The van der Waals surface area contributed by atoms with Crippen molar-refractivity contribution in [2.24, 2.45) is 0 Å². The second kappa shape index (κ2) is 7.54. The number of imidazole rings is 1. The molecule has 0 spiro atoms. The van der Waals surface area contributed by atoms with Crippen molar-refractivity contribution >= 4 is 39.1 Å². The summed E-state index contributed by atoms with van der Waals surface area (Å²) in [6.45, 7) is 0.849. The highest BCUT2D eigenvalue weighted by atomic mass is 79.9. The van der Waals surface area contributed by atoms with Gasteiger partial charge in [-0.05, 0) is 39.7 Å². The predicted octanol–water partition coefficient (Wildman–Crippen LogP) is 3.93. The largest absolute Gasteiger partial charge is 0.346 e. The minimum absolute atomic E-state index is 0.196. The summed E-state index contributed by atoms with van der Waals surface area (Å²) in [6, 6.07) is 11.4. The van der Waals surface area contributed by atoms with Crippen molar-refractivity contribution in [1.29, 1.82) is 0 Å². The Balaban J connectivity index is 1.41. The van der Waals surface area contributed by atoms with Gasteiger partial charge in [-0.25, -0.2) is 4.98 Å². The van der Waals surface area contributed by atoms with Gasteiger partial charge >= 0.3 is 0 Å². The van der Waals surface area contributed by atoms with Crippen LogP contribution in [0.25, 0.3) is 5.65 Å². The summed E-state index contributed by atoms with van der Waals surface area (Å²) in [6.07, 6.45) is 7.07. The van der Waals surface area contributed by atoms with Gasteiger partial charge in [0.1, 0.15) is 5.65 Å². The first-order valence-electron chi connectivity index (χ1n) is 8.26. The molecule has 0 radical (unpaired) electrons. The molecule has 0 saturated carbocycles. The zero-order valence-electron chi connectivity index (χ0n) is 14.1. The zero-order chi connectivity index (χ0) is 18.8. The van der Waals surface area contributed by atoms with Gasteiger partial charge in [0.25, 0.3) is 5.91 Å². The molecular formula is C19H15BrClN5O. The van der Waals surface area contributed by atoms with Gasteiger partial charge in [0.2, 0.25) is 0 Å². The van der Waals surface area contributed by atoms with E-state index in [0.29, 0.717) is 23.7 Å². The normalized spacial score (nSPS) is 11.0. The number of carbonyl (C=O) groups excluding carboxylic acids is 1. The van der Waals surface area contributed by atoms with E-state index in [-0.39, 0.29) is 5.91 Å². The molecule has 27 heavy (non-hydrogen) atoms. The highest BCUT2D eigenvalue weighted by molar-refractivity contribution is 9.10. The lowest BCUT2D eigenvalue weighted by Gasteiger charge is -2.04. The Bertz CT molecular complexity index is 1120. The fourth-order valence-corrected chi connectivity index (χ4v) is 3.29. The monoisotopic (exact) mass is 443 g/mol. The highest BCUT2D eigenvalue weighted by Gasteiger charge is 2.11. The number of aromatic nitrogens is 4. The second-order valence-corrected chi connectivity index (χ2v) is 7.37. The van der Waals surface area contributed by atoms with Crippen molar-refractivity contribution in [1.82, 2.24) is 24.5 Å². The van der Waals surface area contributed by atoms with Crippen LogP contribution in [0.2, 0.25) is 5.02 Å². The number of nitrogens with zero attached hydrogens (tertiary/aromatic N) is 4. The Morgan fingerprint density at radius 3 is 2.85 bits per heavy atom. The summed E-state index contributed by atoms with van der Waals surface area (Å²) in [5.41, 5.74) is 3.05. The summed E-state index contributed by atoms with van der Waals surface area (Å²) in [5.74, 6) is -0.196. The first-order chi connectivity index (χ1) is 13.1. The average Bonchev–Trinajstić information content (AvgIpc) is 3.28. The first-order valence-corrected chi connectivity index (χ1v) is 9.43. The molecular weight excluding hydrogens is 430 g/mol. The number of rotatable bonds is 5. The fourth-order valence-electron chi connectivity index (χ4n) is 2.74. The zero-order valence-corrected chi connectivity index (χ0v) is 16.5. The van der Waals surface area contributed by atoms with E-state index in [1.54, 1.807) is 17.1 Å². The van der Waals surface area contributed by atoms with Crippen molar-refractivity contribution in [3.8, 4) is 0 Å². The Kier molecular flexibility index (Phi) is 4.96. The number of hydrogen-bond acceptors (Lipinski definition) is 3. The van der Waals surface area contributed by atoms with Crippen LogP contribution in [0.1, 0.15) is 21.6 Å². The molecule has 1 amide bonds. The van der Waals surface area contributed by atoms with Crippen LogP contribution in [-0.2, 0) is 13.1 Å². The third-order valence-corrected chi connectivity index (χ3v) is 4.92. The summed E-state index contributed by atoms with van der Waals surface area (Å²) < 4.78 is 4.57. The minimum Gasteiger partial charge on any atom is -0.346 e. The van der Waals surface area contributed by atoms with Crippen molar-refractivity contribution in [3.63, 3.8) is 0 Å². The van der Waals surface area contributed by atoms with Crippen LogP contribution in [0.4, 0.5) is 0 Å². The van der Waals surface area contributed by atoms with Gasteiger partial charge in [0, 0.05) is 28.1 Å². The predicted molar refractivity (Wildman–Crippen MR) is 107 cm³/mol. The van der Waals surface area contributed by atoms with Gasteiger partial charge in [-0.2, -0.15) is 5.10 Å². The quantitative estimate of drug-likeness (QED) is 0.507. The minimum atomic E-state index is -0.196. The van der Waals surface area contributed by atoms with Crippen LogP contribution in [0.5, 0.6) is 0 Å². The van der Waals surface area contributed by atoms with Crippen LogP contribution in [0.15, 0.2) is 65.7 Å². The van der Waals surface area contributed by atoms with E-state index in [9.17, 15) is 4.79 Å². The van der Waals surface area contributed by atoms with E-state index < -0.39 is 0 Å². The standard InChI is InChI=1S/C19H15BrClN5O/c20-15-5-6-18-24-16(12-25(18)11-15)8-22-19(27)14-7-23-26(10-14)9-13-3-1-2-4-17(13)21/h1-7,10-12H,8-9H2,(H,22,27). The number of benzene rings is 1. The third kappa shape index (κ3) is 4.04. The fraction of sp³-hybridized carbons (Fsp3) is 0.105. The summed E-state index contributed by atoms with van der Waals surface area (Å²) >= 11 is 9.60. The SMILES string of the molecule is O=C(NCc1cn2cc(Br)ccc2n1)c1cnn(Cc2ccccc2Cl)c1. The van der Waals surface area contributed by atoms with Crippen LogP contribution >= 0.6 is 27.5 Å². The summed E-state index contributed by atoms with van der Waals surface area (Å²) in [5, 5.41) is 7.80. The molecule has 0 fully saturated rings. The highest BCUT2D eigenvalue weighted by Crippen LogP contribution is 2.16. The lowest BCUT2D eigenvalue weighted by Crippen LogP contribution is -2.22. The lowest BCUT2D eigenvalue weighted by atomic mass is 10.2. The number of halogens is 2. The molecule has 4 rings (SSSR count). The number of amides is 1. The molecule has 0 aliphatic rings. The van der Waals surface area contributed by atoms with Crippen LogP contribution < -0.4 is 5.32 Å². The molecule has 3 aromatic heterocycles. The van der Waals surface area contributed by atoms with Crippen molar-refractivity contribution in [3.05, 3.63) is 87.5 Å². The van der Waals surface area contributed by atoms with Crippen molar-refractivity contribution in [2.45, 2.75) is 13.1 Å². The summed E-state index contributed by atoms with van der Waals surface area (Å²) in [4.78, 5) is 16.9. The van der Waals surface area contributed by atoms with Gasteiger partial charge in [-0.3, -0.25) is 9.48 Å². The average molecular weight is 445 g/mol.